The Labute approximate surface area is 193 Å². The Bertz CT molecular complexity index is 1410. The Morgan fingerprint density at radius 2 is 1.85 bits per heavy atom. The van der Waals surface area contributed by atoms with E-state index in [2.05, 4.69) is 11.2 Å². The highest BCUT2D eigenvalue weighted by Gasteiger charge is 2.22. The van der Waals surface area contributed by atoms with Crippen LogP contribution in [0.1, 0.15) is 18.2 Å². The van der Waals surface area contributed by atoms with E-state index in [1.807, 2.05) is 41.9 Å². The number of nitrogens with zero attached hydrogens (tertiary/aromatic N) is 4. The number of sulfone groups is 1. The Morgan fingerprint density at radius 1 is 1.03 bits per heavy atom. The van der Waals surface area contributed by atoms with Crippen molar-refractivity contribution in [3.8, 4) is 33.8 Å². The number of hydrogen-bond acceptors (Lipinski definition) is 6. The number of benzene rings is 1. The molecule has 0 N–H and O–H groups in total. The fourth-order valence-corrected chi connectivity index (χ4v) is 4.64. The third-order valence-electron chi connectivity index (χ3n) is 5.79. The largest absolute Gasteiger partial charge is 0.379 e. The van der Waals surface area contributed by atoms with Gasteiger partial charge in [-0.2, -0.15) is 5.10 Å². The summed E-state index contributed by atoms with van der Waals surface area (Å²) in [7, 11) is -3.25. The number of pyridine rings is 2. The predicted octanol–water partition coefficient (Wildman–Crippen LogP) is 4.35. The molecule has 8 heteroatoms. The molecule has 1 saturated heterocycles. The van der Waals surface area contributed by atoms with Gasteiger partial charge in [-0.05, 0) is 55.3 Å². The average molecular weight is 461 g/mol. The zero-order valence-electron chi connectivity index (χ0n) is 18.5. The maximum absolute atomic E-state index is 11.8. The van der Waals surface area contributed by atoms with Crippen LogP contribution in [0.3, 0.4) is 0 Å². The Morgan fingerprint density at radius 3 is 2.55 bits per heavy atom. The van der Waals surface area contributed by atoms with E-state index in [1.54, 1.807) is 30.5 Å². The highest BCUT2D eigenvalue weighted by Crippen LogP contribution is 2.34. The summed E-state index contributed by atoms with van der Waals surface area (Å²) in [5, 5.41) is 4.91. The lowest BCUT2D eigenvalue weighted by atomic mass is 10.0. The molecule has 0 aliphatic carbocycles. The topological polar surface area (TPSA) is 87.0 Å². The number of rotatable bonds is 5. The van der Waals surface area contributed by atoms with E-state index in [9.17, 15) is 8.42 Å². The van der Waals surface area contributed by atoms with Crippen LogP contribution in [-0.4, -0.2) is 47.6 Å². The van der Waals surface area contributed by atoms with Crippen molar-refractivity contribution in [2.75, 3.05) is 19.5 Å². The SMILES string of the molecule is Cc1cccc(-c2nn([C@H]3CCOC3)cc2-c2ccnc(-c3ccc(S(C)(=O)=O)cc3)c2)n1. The van der Waals surface area contributed by atoms with Crippen molar-refractivity contribution >= 4 is 9.84 Å². The predicted molar refractivity (Wildman–Crippen MR) is 126 cm³/mol. The quantitative estimate of drug-likeness (QED) is 0.440. The fourth-order valence-electron chi connectivity index (χ4n) is 4.01. The molecule has 33 heavy (non-hydrogen) atoms. The van der Waals surface area contributed by atoms with Crippen LogP contribution in [-0.2, 0) is 14.6 Å². The highest BCUT2D eigenvalue weighted by molar-refractivity contribution is 7.90. The van der Waals surface area contributed by atoms with E-state index in [1.165, 1.54) is 6.26 Å². The summed E-state index contributed by atoms with van der Waals surface area (Å²) >= 11 is 0. The minimum atomic E-state index is -3.25. The summed E-state index contributed by atoms with van der Waals surface area (Å²) < 4.78 is 31.1. The maximum atomic E-state index is 11.8. The summed E-state index contributed by atoms with van der Waals surface area (Å²) in [6.07, 6.45) is 5.95. The molecule has 3 aromatic heterocycles. The second kappa shape index (κ2) is 8.53. The van der Waals surface area contributed by atoms with Gasteiger partial charge in [0.2, 0.25) is 0 Å². The van der Waals surface area contributed by atoms with Crippen LogP contribution < -0.4 is 0 Å². The van der Waals surface area contributed by atoms with Crippen LogP contribution in [0, 0.1) is 6.92 Å². The molecule has 1 aromatic carbocycles. The third kappa shape index (κ3) is 4.44. The summed E-state index contributed by atoms with van der Waals surface area (Å²) in [6.45, 7) is 3.35. The molecule has 1 fully saturated rings. The molecule has 0 amide bonds. The maximum Gasteiger partial charge on any atom is 0.175 e. The lowest BCUT2D eigenvalue weighted by Crippen LogP contribution is -2.09. The van der Waals surface area contributed by atoms with Crippen LogP contribution in [0.5, 0.6) is 0 Å². The molecule has 4 heterocycles. The molecule has 1 aliphatic heterocycles. The number of aryl methyl sites for hydroxylation is 1. The fraction of sp³-hybridized carbons (Fsp3) is 0.240. The van der Waals surface area contributed by atoms with Gasteiger partial charge < -0.3 is 4.74 Å². The Balaban J connectivity index is 1.59. The first-order chi connectivity index (χ1) is 15.9. The van der Waals surface area contributed by atoms with Gasteiger partial charge in [-0.3, -0.25) is 14.6 Å². The molecule has 1 aliphatic rings. The first kappa shape index (κ1) is 21.5. The molecular formula is C25H24N4O3S. The first-order valence-electron chi connectivity index (χ1n) is 10.8. The molecule has 7 nitrogen and oxygen atoms in total. The van der Waals surface area contributed by atoms with Crippen molar-refractivity contribution in [3.05, 3.63) is 72.7 Å². The van der Waals surface area contributed by atoms with Gasteiger partial charge in [-0.15, -0.1) is 0 Å². The molecule has 168 valence electrons. The minimum Gasteiger partial charge on any atom is -0.379 e. The van der Waals surface area contributed by atoms with Gasteiger partial charge >= 0.3 is 0 Å². The van der Waals surface area contributed by atoms with Gasteiger partial charge in [0.15, 0.2) is 9.84 Å². The Hall–Kier alpha value is -3.36. The van der Waals surface area contributed by atoms with Crippen molar-refractivity contribution in [1.29, 1.82) is 0 Å². The number of aromatic nitrogens is 4. The minimum absolute atomic E-state index is 0.201. The van der Waals surface area contributed by atoms with Crippen molar-refractivity contribution in [2.24, 2.45) is 0 Å². The first-order valence-corrected chi connectivity index (χ1v) is 12.7. The van der Waals surface area contributed by atoms with Gasteiger partial charge in [0.05, 0.1) is 28.9 Å². The van der Waals surface area contributed by atoms with Crippen molar-refractivity contribution < 1.29 is 13.2 Å². The van der Waals surface area contributed by atoms with Crippen molar-refractivity contribution in [2.45, 2.75) is 24.3 Å². The van der Waals surface area contributed by atoms with Crippen molar-refractivity contribution in [3.63, 3.8) is 0 Å². The van der Waals surface area contributed by atoms with E-state index < -0.39 is 9.84 Å². The smallest absolute Gasteiger partial charge is 0.175 e. The van der Waals surface area contributed by atoms with Crippen LogP contribution in [0.15, 0.2) is 71.9 Å². The standard InChI is InChI=1S/C25H24N4O3S/c1-17-4-3-5-23(27-17)25-22(15-29(28-25)20-11-13-32-16-20)19-10-12-26-24(14-19)18-6-8-21(9-7-18)33(2,30)31/h3-10,12,14-15,20H,11,13,16H2,1-2H3/t20-/m0/s1. The molecule has 0 bridgehead atoms. The molecular weight excluding hydrogens is 436 g/mol. The molecule has 1 atom stereocenters. The number of hydrogen-bond donors (Lipinski definition) is 0. The normalized spacial score (nSPS) is 16.2. The van der Waals surface area contributed by atoms with Gasteiger partial charge in [-0.25, -0.2) is 8.42 Å². The van der Waals surface area contributed by atoms with E-state index >= 15 is 0 Å². The summed E-state index contributed by atoms with van der Waals surface area (Å²) in [4.78, 5) is 9.51. The van der Waals surface area contributed by atoms with Crippen LogP contribution in [0.2, 0.25) is 0 Å². The van der Waals surface area contributed by atoms with Gasteiger partial charge in [0.1, 0.15) is 5.69 Å². The molecule has 0 radical (unpaired) electrons. The summed E-state index contributed by atoms with van der Waals surface area (Å²) in [5.74, 6) is 0. The van der Waals surface area contributed by atoms with E-state index in [-0.39, 0.29) is 10.9 Å². The molecule has 0 spiro atoms. The summed E-state index contributed by atoms with van der Waals surface area (Å²) in [6, 6.07) is 16.9. The summed E-state index contributed by atoms with van der Waals surface area (Å²) in [5.41, 5.74) is 6.10. The Kier molecular flexibility index (Phi) is 5.55. The van der Waals surface area contributed by atoms with Crippen LogP contribution >= 0.6 is 0 Å². The zero-order chi connectivity index (χ0) is 23.0. The van der Waals surface area contributed by atoms with E-state index in [0.29, 0.717) is 6.61 Å². The van der Waals surface area contributed by atoms with Crippen LogP contribution in [0.25, 0.3) is 33.8 Å². The average Bonchev–Trinajstić information content (AvgIpc) is 3.49. The lowest BCUT2D eigenvalue weighted by Gasteiger charge is -2.07. The molecule has 4 aromatic rings. The van der Waals surface area contributed by atoms with Crippen LogP contribution in [0.4, 0.5) is 0 Å². The van der Waals surface area contributed by atoms with Gasteiger partial charge in [-0.1, -0.05) is 18.2 Å². The lowest BCUT2D eigenvalue weighted by molar-refractivity contribution is 0.184. The monoisotopic (exact) mass is 460 g/mol. The van der Waals surface area contributed by atoms with E-state index in [0.717, 1.165) is 52.5 Å². The molecule has 5 rings (SSSR count). The zero-order valence-corrected chi connectivity index (χ0v) is 19.3. The van der Waals surface area contributed by atoms with Gasteiger partial charge in [0.25, 0.3) is 0 Å². The number of ether oxygens (including phenoxy) is 1. The molecule has 0 unspecified atom stereocenters. The second-order valence-electron chi connectivity index (χ2n) is 8.28. The third-order valence-corrected chi connectivity index (χ3v) is 6.92. The molecule has 0 saturated carbocycles. The van der Waals surface area contributed by atoms with Gasteiger partial charge in [0, 0.05) is 42.1 Å². The second-order valence-corrected chi connectivity index (χ2v) is 10.3. The van der Waals surface area contributed by atoms with E-state index in [4.69, 9.17) is 14.8 Å². The van der Waals surface area contributed by atoms with Crippen molar-refractivity contribution in [1.82, 2.24) is 19.7 Å². The highest BCUT2D eigenvalue weighted by atomic mass is 32.2.